The maximum Gasteiger partial charge on any atom is 0.235 e. The first-order valence-electron chi connectivity index (χ1n) is 5.94. The van der Waals surface area contributed by atoms with Crippen LogP contribution < -0.4 is 9.47 Å². The van der Waals surface area contributed by atoms with Gasteiger partial charge in [-0.25, -0.2) is 4.79 Å². The van der Waals surface area contributed by atoms with E-state index < -0.39 is 5.54 Å². The molecule has 3 rings (SSSR count). The lowest BCUT2D eigenvalue weighted by atomic mass is 10.0. The van der Waals surface area contributed by atoms with Crippen LogP contribution in [0.5, 0.6) is 11.5 Å². The van der Waals surface area contributed by atoms with Gasteiger partial charge in [0.15, 0.2) is 11.5 Å². The Hall–Kier alpha value is -1.32. The second kappa shape index (κ2) is 4.41. The Balaban J connectivity index is 2.08. The normalized spacial score (nSPS) is 19.6. The molecule has 1 heterocycles. The summed E-state index contributed by atoms with van der Waals surface area (Å²) in [7, 11) is 0. The van der Waals surface area contributed by atoms with Gasteiger partial charge in [-0.2, -0.15) is 4.99 Å². The molecule has 0 atom stereocenters. The summed E-state index contributed by atoms with van der Waals surface area (Å²) in [6, 6.07) is 3.84. The van der Waals surface area contributed by atoms with Crippen molar-refractivity contribution < 1.29 is 14.3 Å². The Kier molecular flexibility index (Phi) is 2.88. The Labute approximate surface area is 113 Å². The number of hydrogen-bond donors (Lipinski definition) is 0. The van der Waals surface area contributed by atoms with Gasteiger partial charge >= 0.3 is 0 Å². The van der Waals surface area contributed by atoms with E-state index in [-0.39, 0.29) is 0 Å². The highest BCUT2D eigenvalue weighted by Gasteiger charge is 2.47. The number of carbonyl (C=O) groups excluding carboxylic acids is 1. The second-order valence-corrected chi connectivity index (χ2v) is 5.33. The number of benzene rings is 1. The summed E-state index contributed by atoms with van der Waals surface area (Å²) in [5, 5.41) is 0. The molecule has 94 valence electrons. The van der Waals surface area contributed by atoms with E-state index >= 15 is 0 Å². The van der Waals surface area contributed by atoms with E-state index in [4.69, 9.17) is 9.47 Å². The van der Waals surface area contributed by atoms with Gasteiger partial charge in [0.1, 0.15) is 0 Å². The van der Waals surface area contributed by atoms with Crippen LogP contribution in [0.3, 0.4) is 0 Å². The molecule has 0 radical (unpaired) electrons. The molecule has 1 aliphatic heterocycles. The number of rotatable bonds is 2. The lowest BCUT2D eigenvalue weighted by molar-refractivity contribution is 0.296. The Morgan fingerprint density at radius 2 is 2.06 bits per heavy atom. The summed E-state index contributed by atoms with van der Waals surface area (Å²) in [5.41, 5.74) is 0.584. The van der Waals surface area contributed by atoms with Gasteiger partial charge in [0.05, 0.1) is 23.2 Å². The van der Waals surface area contributed by atoms with Crippen LogP contribution in [0.25, 0.3) is 0 Å². The highest BCUT2D eigenvalue weighted by molar-refractivity contribution is 9.10. The first-order chi connectivity index (χ1) is 8.77. The van der Waals surface area contributed by atoms with Crippen molar-refractivity contribution in [3.8, 4) is 11.5 Å². The van der Waals surface area contributed by atoms with E-state index in [1.807, 2.05) is 12.1 Å². The van der Waals surface area contributed by atoms with Gasteiger partial charge in [-0.05, 0) is 40.4 Å². The molecule has 0 spiro atoms. The summed E-state index contributed by atoms with van der Waals surface area (Å²) in [5.74, 6) is 1.46. The fourth-order valence-corrected chi connectivity index (χ4v) is 3.02. The second-order valence-electron chi connectivity index (χ2n) is 4.54. The molecule has 0 unspecified atom stereocenters. The van der Waals surface area contributed by atoms with Gasteiger partial charge in [-0.3, -0.25) is 0 Å². The fourth-order valence-electron chi connectivity index (χ4n) is 2.21. The third-order valence-electron chi connectivity index (χ3n) is 3.34. The van der Waals surface area contributed by atoms with Crippen LogP contribution in [0.2, 0.25) is 0 Å². The molecule has 0 N–H and O–H groups in total. The Morgan fingerprint density at radius 1 is 1.28 bits per heavy atom. The Morgan fingerprint density at radius 3 is 2.78 bits per heavy atom. The van der Waals surface area contributed by atoms with Crippen molar-refractivity contribution in [3.63, 3.8) is 0 Å². The summed E-state index contributed by atoms with van der Waals surface area (Å²) in [6.07, 6.45) is 4.29. The predicted molar refractivity (Wildman–Crippen MR) is 68.8 cm³/mol. The van der Waals surface area contributed by atoms with E-state index in [1.54, 1.807) is 6.08 Å². The van der Waals surface area contributed by atoms with Crippen molar-refractivity contribution in [1.29, 1.82) is 0 Å². The highest BCUT2D eigenvalue weighted by atomic mass is 79.9. The van der Waals surface area contributed by atoms with Crippen molar-refractivity contribution in [2.75, 3.05) is 13.2 Å². The Bertz CT molecular complexity index is 533. The molecular formula is C13H12BrNO3. The molecule has 1 saturated carbocycles. The molecule has 5 heteroatoms. The minimum absolute atomic E-state index is 0.398. The number of isocyanates is 1. The van der Waals surface area contributed by atoms with Crippen LogP contribution in [0.1, 0.15) is 24.8 Å². The molecule has 1 fully saturated rings. The van der Waals surface area contributed by atoms with Crippen LogP contribution in [0, 0.1) is 0 Å². The number of ether oxygens (including phenoxy) is 2. The van der Waals surface area contributed by atoms with Crippen molar-refractivity contribution in [3.05, 3.63) is 22.2 Å². The average Bonchev–Trinajstić information content (AvgIpc) is 3.14. The maximum atomic E-state index is 10.5. The van der Waals surface area contributed by atoms with Gasteiger partial charge in [0.25, 0.3) is 0 Å². The number of hydrogen-bond acceptors (Lipinski definition) is 4. The van der Waals surface area contributed by atoms with Gasteiger partial charge in [-0.15, -0.1) is 0 Å². The van der Waals surface area contributed by atoms with E-state index in [2.05, 4.69) is 20.9 Å². The predicted octanol–water partition coefficient (Wildman–Crippen LogP) is 2.94. The van der Waals surface area contributed by atoms with Gasteiger partial charge < -0.3 is 9.47 Å². The molecule has 0 aromatic heterocycles. The molecule has 0 bridgehead atoms. The van der Waals surface area contributed by atoms with E-state index in [1.165, 1.54) is 0 Å². The first-order valence-corrected chi connectivity index (χ1v) is 6.74. The van der Waals surface area contributed by atoms with Crippen molar-refractivity contribution in [2.45, 2.75) is 24.8 Å². The standard InChI is InChI=1S/C13H12BrNO3/c14-11-9(13(4-5-13)15-8-16)2-3-10-12(11)18-7-1-6-17-10/h2-3H,1,4-7H2. The number of halogens is 1. The monoisotopic (exact) mass is 309 g/mol. The summed E-state index contributed by atoms with van der Waals surface area (Å²) >= 11 is 3.55. The lowest BCUT2D eigenvalue weighted by Crippen LogP contribution is -2.05. The summed E-state index contributed by atoms with van der Waals surface area (Å²) in [6.45, 7) is 1.30. The van der Waals surface area contributed by atoms with Crippen molar-refractivity contribution >= 4 is 22.0 Å². The maximum absolute atomic E-state index is 10.5. The molecule has 1 aliphatic carbocycles. The number of nitrogens with zero attached hydrogens (tertiary/aromatic N) is 1. The van der Waals surface area contributed by atoms with Crippen molar-refractivity contribution in [2.24, 2.45) is 4.99 Å². The topological polar surface area (TPSA) is 47.9 Å². The largest absolute Gasteiger partial charge is 0.490 e. The first kappa shape index (κ1) is 11.8. The molecule has 0 saturated heterocycles. The van der Waals surface area contributed by atoms with Crippen LogP contribution in [0.4, 0.5) is 0 Å². The minimum Gasteiger partial charge on any atom is -0.490 e. The van der Waals surface area contributed by atoms with E-state index in [0.29, 0.717) is 13.2 Å². The van der Waals surface area contributed by atoms with Crippen LogP contribution in [-0.4, -0.2) is 19.3 Å². The third-order valence-corrected chi connectivity index (χ3v) is 4.13. The van der Waals surface area contributed by atoms with Crippen LogP contribution >= 0.6 is 15.9 Å². The average molecular weight is 310 g/mol. The smallest absolute Gasteiger partial charge is 0.235 e. The van der Waals surface area contributed by atoms with Crippen LogP contribution in [-0.2, 0) is 10.3 Å². The highest BCUT2D eigenvalue weighted by Crippen LogP contribution is 2.54. The van der Waals surface area contributed by atoms with E-state index in [0.717, 1.165) is 40.8 Å². The zero-order valence-electron chi connectivity index (χ0n) is 9.74. The number of fused-ring (bicyclic) bond motifs is 1. The molecule has 2 aliphatic rings. The zero-order chi connectivity index (χ0) is 12.6. The molecule has 0 amide bonds. The van der Waals surface area contributed by atoms with E-state index in [9.17, 15) is 4.79 Å². The third kappa shape index (κ3) is 1.84. The van der Waals surface area contributed by atoms with Gasteiger partial charge in [0.2, 0.25) is 6.08 Å². The van der Waals surface area contributed by atoms with Gasteiger partial charge in [-0.1, -0.05) is 6.07 Å². The SMILES string of the molecule is O=C=NC1(c2ccc3c(c2Br)OCCCO3)CC1. The zero-order valence-corrected chi connectivity index (χ0v) is 11.3. The molecular weight excluding hydrogens is 298 g/mol. The summed E-state index contributed by atoms with van der Waals surface area (Å²) < 4.78 is 12.2. The molecule has 4 nitrogen and oxygen atoms in total. The lowest BCUT2D eigenvalue weighted by Gasteiger charge is -2.16. The minimum atomic E-state index is -0.398. The quantitative estimate of drug-likeness (QED) is 0.623. The van der Waals surface area contributed by atoms with Gasteiger partial charge in [0, 0.05) is 6.42 Å². The fraction of sp³-hybridized carbons (Fsp3) is 0.462. The molecule has 1 aromatic rings. The van der Waals surface area contributed by atoms with Crippen molar-refractivity contribution in [1.82, 2.24) is 0 Å². The molecule has 1 aromatic carbocycles. The molecule has 18 heavy (non-hydrogen) atoms. The summed E-state index contributed by atoms with van der Waals surface area (Å²) in [4.78, 5) is 14.5. The van der Waals surface area contributed by atoms with Crippen LogP contribution in [0.15, 0.2) is 21.6 Å². The number of aliphatic imine (C=N–C) groups is 1.